The van der Waals surface area contributed by atoms with Crippen molar-refractivity contribution in [1.29, 1.82) is 0 Å². The Morgan fingerprint density at radius 2 is 1.71 bits per heavy atom. The highest BCUT2D eigenvalue weighted by Gasteiger charge is 2.29. The van der Waals surface area contributed by atoms with Crippen molar-refractivity contribution in [2.24, 2.45) is 5.92 Å². The van der Waals surface area contributed by atoms with Crippen molar-refractivity contribution < 1.29 is 8.42 Å². The van der Waals surface area contributed by atoms with Gasteiger partial charge in [-0.25, -0.2) is 8.42 Å². The van der Waals surface area contributed by atoms with Crippen LogP contribution in [-0.4, -0.2) is 31.5 Å². The molecule has 2 atom stereocenters. The summed E-state index contributed by atoms with van der Waals surface area (Å²) in [4.78, 5) is 0. The van der Waals surface area contributed by atoms with Gasteiger partial charge < -0.3 is 5.32 Å². The molecule has 0 bridgehead atoms. The average Bonchev–Trinajstić information content (AvgIpc) is 2.20. The smallest absolute Gasteiger partial charge is 0.155 e. The molecule has 0 aromatic carbocycles. The molecule has 0 aromatic heterocycles. The van der Waals surface area contributed by atoms with Crippen LogP contribution >= 0.6 is 0 Å². The lowest BCUT2D eigenvalue weighted by atomic mass is 10.0. The molecule has 0 amide bonds. The lowest BCUT2D eigenvalue weighted by Crippen LogP contribution is -2.36. The van der Waals surface area contributed by atoms with Crippen molar-refractivity contribution in [2.45, 2.75) is 65.2 Å². The minimum Gasteiger partial charge on any atom is -0.314 e. The van der Waals surface area contributed by atoms with Crippen LogP contribution in [0.3, 0.4) is 0 Å². The average molecular weight is 263 g/mol. The zero-order valence-corrected chi connectivity index (χ0v) is 13.0. The molecule has 0 saturated carbocycles. The SMILES string of the molecule is CCCNC(C)C(C)CCS(=O)(=O)C(C)(C)C. The van der Waals surface area contributed by atoms with E-state index in [0.29, 0.717) is 12.0 Å². The standard InChI is InChI=1S/C13H29NO2S/c1-7-9-14-12(3)11(2)8-10-17(15,16)13(4,5)6/h11-12,14H,7-10H2,1-6H3. The summed E-state index contributed by atoms with van der Waals surface area (Å²) in [5.41, 5.74) is 0. The van der Waals surface area contributed by atoms with Crippen molar-refractivity contribution >= 4 is 9.84 Å². The normalized spacial score (nSPS) is 16.8. The van der Waals surface area contributed by atoms with E-state index in [-0.39, 0.29) is 5.75 Å². The van der Waals surface area contributed by atoms with E-state index in [0.717, 1.165) is 19.4 Å². The Bertz CT molecular complexity index is 304. The summed E-state index contributed by atoms with van der Waals surface area (Å²) < 4.78 is 23.3. The number of sulfone groups is 1. The van der Waals surface area contributed by atoms with E-state index >= 15 is 0 Å². The van der Waals surface area contributed by atoms with E-state index < -0.39 is 14.6 Å². The van der Waals surface area contributed by atoms with Gasteiger partial charge in [-0.1, -0.05) is 13.8 Å². The van der Waals surface area contributed by atoms with Crippen molar-refractivity contribution in [3.05, 3.63) is 0 Å². The van der Waals surface area contributed by atoms with Crippen LogP contribution in [0.4, 0.5) is 0 Å². The van der Waals surface area contributed by atoms with Gasteiger partial charge in [-0.3, -0.25) is 0 Å². The second-order valence-electron chi connectivity index (χ2n) is 5.94. The predicted octanol–water partition coefficient (Wildman–Crippen LogP) is 2.61. The van der Waals surface area contributed by atoms with Gasteiger partial charge in [-0.05, 0) is 53.0 Å². The maximum atomic E-state index is 12.0. The third-order valence-electron chi connectivity index (χ3n) is 3.34. The molecule has 0 aliphatic carbocycles. The fraction of sp³-hybridized carbons (Fsp3) is 1.00. The van der Waals surface area contributed by atoms with E-state index in [1.54, 1.807) is 20.8 Å². The van der Waals surface area contributed by atoms with E-state index in [2.05, 4.69) is 26.1 Å². The molecule has 0 aliphatic rings. The third kappa shape index (κ3) is 5.87. The fourth-order valence-corrected chi connectivity index (χ4v) is 2.76. The Balaban J connectivity index is 4.21. The Labute approximate surface area is 107 Å². The van der Waals surface area contributed by atoms with Crippen molar-refractivity contribution in [3.8, 4) is 0 Å². The number of hydrogen-bond acceptors (Lipinski definition) is 3. The highest BCUT2D eigenvalue weighted by Crippen LogP contribution is 2.19. The Morgan fingerprint density at radius 3 is 2.12 bits per heavy atom. The lowest BCUT2D eigenvalue weighted by Gasteiger charge is -2.24. The largest absolute Gasteiger partial charge is 0.314 e. The zero-order chi connectivity index (χ0) is 13.7. The minimum atomic E-state index is -2.97. The number of rotatable bonds is 7. The van der Waals surface area contributed by atoms with Gasteiger partial charge in [-0.15, -0.1) is 0 Å². The Kier molecular flexibility index (Phi) is 6.70. The summed E-state index contributed by atoms with van der Waals surface area (Å²) >= 11 is 0. The van der Waals surface area contributed by atoms with Crippen LogP contribution in [-0.2, 0) is 9.84 Å². The molecule has 0 rings (SSSR count). The topological polar surface area (TPSA) is 46.2 Å². The van der Waals surface area contributed by atoms with E-state index in [1.165, 1.54) is 0 Å². The second-order valence-corrected chi connectivity index (χ2v) is 8.80. The van der Waals surface area contributed by atoms with Gasteiger partial charge in [0.15, 0.2) is 9.84 Å². The molecule has 0 aromatic rings. The molecule has 0 radical (unpaired) electrons. The van der Waals surface area contributed by atoms with Crippen LogP contribution in [0.15, 0.2) is 0 Å². The molecule has 4 heteroatoms. The molecular weight excluding hydrogens is 234 g/mol. The number of nitrogens with one attached hydrogen (secondary N) is 1. The van der Waals surface area contributed by atoms with Crippen molar-refractivity contribution in [1.82, 2.24) is 5.32 Å². The summed E-state index contributed by atoms with van der Waals surface area (Å²) in [5, 5.41) is 3.41. The lowest BCUT2D eigenvalue weighted by molar-refractivity contribution is 0.390. The molecule has 2 unspecified atom stereocenters. The number of hydrogen-bond donors (Lipinski definition) is 1. The molecule has 0 fully saturated rings. The first-order chi connectivity index (χ1) is 7.62. The van der Waals surface area contributed by atoms with Gasteiger partial charge in [0, 0.05) is 6.04 Å². The predicted molar refractivity (Wildman–Crippen MR) is 75.1 cm³/mol. The summed E-state index contributed by atoms with van der Waals surface area (Å²) in [6.07, 6.45) is 1.84. The first-order valence-electron chi connectivity index (χ1n) is 6.57. The van der Waals surface area contributed by atoms with Gasteiger partial charge in [-0.2, -0.15) is 0 Å². The van der Waals surface area contributed by atoms with Crippen LogP contribution in [0.2, 0.25) is 0 Å². The first-order valence-corrected chi connectivity index (χ1v) is 8.22. The van der Waals surface area contributed by atoms with Crippen molar-refractivity contribution in [2.75, 3.05) is 12.3 Å². The van der Waals surface area contributed by atoms with E-state index in [4.69, 9.17) is 0 Å². The third-order valence-corrected chi connectivity index (χ3v) is 5.98. The van der Waals surface area contributed by atoms with Crippen LogP contribution < -0.4 is 5.32 Å². The fourth-order valence-electron chi connectivity index (χ4n) is 1.47. The molecule has 3 nitrogen and oxygen atoms in total. The molecule has 104 valence electrons. The minimum absolute atomic E-state index is 0.288. The van der Waals surface area contributed by atoms with Crippen LogP contribution in [0.25, 0.3) is 0 Å². The highest BCUT2D eigenvalue weighted by atomic mass is 32.2. The van der Waals surface area contributed by atoms with Crippen molar-refractivity contribution in [3.63, 3.8) is 0 Å². The van der Waals surface area contributed by atoms with Crippen LogP contribution in [0, 0.1) is 5.92 Å². The van der Waals surface area contributed by atoms with Gasteiger partial charge in [0.1, 0.15) is 0 Å². The first kappa shape index (κ1) is 16.9. The summed E-state index contributed by atoms with van der Waals surface area (Å²) in [6, 6.07) is 0.380. The summed E-state index contributed by atoms with van der Waals surface area (Å²) in [5.74, 6) is 0.675. The monoisotopic (exact) mass is 263 g/mol. The maximum Gasteiger partial charge on any atom is 0.155 e. The van der Waals surface area contributed by atoms with Gasteiger partial charge in [0.05, 0.1) is 10.5 Å². The van der Waals surface area contributed by atoms with Crippen LogP contribution in [0.5, 0.6) is 0 Å². The van der Waals surface area contributed by atoms with Gasteiger partial charge >= 0.3 is 0 Å². The Morgan fingerprint density at radius 1 is 1.18 bits per heavy atom. The second kappa shape index (κ2) is 6.74. The molecule has 0 spiro atoms. The highest BCUT2D eigenvalue weighted by molar-refractivity contribution is 7.92. The quantitative estimate of drug-likeness (QED) is 0.768. The van der Waals surface area contributed by atoms with Gasteiger partial charge in [0.2, 0.25) is 0 Å². The van der Waals surface area contributed by atoms with Crippen LogP contribution in [0.1, 0.15) is 54.4 Å². The maximum absolute atomic E-state index is 12.0. The van der Waals surface area contributed by atoms with E-state index in [9.17, 15) is 8.42 Å². The molecule has 0 heterocycles. The molecular formula is C13H29NO2S. The van der Waals surface area contributed by atoms with E-state index in [1.807, 2.05) is 0 Å². The molecule has 17 heavy (non-hydrogen) atoms. The van der Waals surface area contributed by atoms with Gasteiger partial charge in [0.25, 0.3) is 0 Å². The molecule has 1 N–H and O–H groups in total. The Hall–Kier alpha value is -0.0900. The summed E-state index contributed by atoms with van der Waals surface area (Å²) in [6.45, 7) is 12.7. The summed E-state index contributed by atoms with van der Waals surface area (Å²) in [7, 11) is -2.97. The molecule has 0 saturated heterocycles. The zero-order valence-electron chi connectivity index (χ0n) is 12.2. The molecule has 0 aliphatic heterocycles.